The summed E-state index contributed by atoms with van der Waals surface area (Å²) in [5.74, 6) is 0. The molecular formula is H4MgO4Te. The predicted molar refractivity (Wildman–Crippen MR) is 19.5 cm³/mol. The molecule has 0 aromatic carbocycles. The first-order chi connectivity index (χ1) is 2.00. The summed E-state index contributed by atoms with van der Waals surface area (Å²) in [6.45, 7) is 0. The van der Waals surface area contributed by atoms with E-state index in [9.17, 15) is 0 Å². The Balaban J connectivity index is -0.0000000267. The fraction of sp³-hybridized carbons (Fsp3) is 0. The molecule has 4 nitrogen and oxygen atoms in total. The third kappa shape index (κ3) is 72.9. The first-order valence-electron chi connectivity index (χ1n) is 0.698. The van der Waals surface area contributed by atoms with Crippen molar-refractivity contribution in [1.29, 1.82) is 0 Å². The monoisotopic (exact) mass is 222 g/mol. The zero-order chi connectivity index (χ0) is 4.50. The fourth-order valence-corrected chi connectivity index (χ4v) is 0. The van der Waals surface area contributed by atoms with Crippen molar-refractivity contribution in [2.75, 3.05) is 0 Å². The molecule has 6 heavy (non-hydrogen) atoms. The van der Waals surface area contributed by atoms with E-state index in [1.807, 2.05) is 0 Å². The Bertz CT molecular complexity index is 97.2. The van der Waals surface area contributed by atoms with Gasteiger partial charge in [-0.05, 0) is 0 Å². The van der Waals surface area contributed by atoms with Crippen molar-refractivity contribution in [1.82, 2.24) is 0 Å². The van der Waals surface area contributed by atoms with Crippen LogP contribution in [0.2, 0.25) is 0 Å². The summed E-state index contributed by atoms with van der Waals surface area (Å²) < 4.78 is 32.0. The Kier molecular flexibility index (Phi) is 5.28. The van der Waals surface area contributed by atoms with Crippen LogP contribution in [-0.2, 0) is 6.21 Å². The van der Waals surface area contributed by atoms with Crippen LogP contribution in [0.5, 0.6) is 0 Å². The normalized spacial score (nSPS) is 9.67. The molecule has 0 radical (unpaired) electrons. The van der Waals surface area contributed by atoms with E-state index in [1.165, 1.54) is 0 Å². The van der Waals surface area contributed by atoms with E-state index in [2.05, 4.69) is 0 Å². The Morgan fingerprint density at radius 2 is 1.33 bits per heavy atom. The van der Waals surface area contributed by atoms with E-state index in [-0.39, 0.29) is 25.9 Å². The van der Waals surface area contributed by atoms with Crippen LogP contribution >= 0.6 is 0 Å². The molecule has 6 heteroatoms. The molecule has 0 spiro atoms. The van der Waals surface area contributed by atoms with Gasteiger partial charge >= 0.3 is 55.2 Å². The van der Waals surface area contributed by atoms with E-state index < -0.39 is 19.0 Å². The van der Waals surface area contributed by atoms with Crippen LogP contribution in [0.25, 0.3) is 0 Å². The van der Waals surface area contributed by atoms with Crippen molar-refractivity contribution in [2.24, 2.45) is 0 Å². The van der Waals surface area contributed by atoms with Crippen molar-refractivity contribution >= 4 is 42.0 Å². The first kappa shape index (κ1) is 10.1. The van der Waals surface area contributed by atoms with Crippen LogP contribution in [0, 0.1) is 0 Å². The molecule has 0 bridgehead atoms. The molecular weight excluding hydrogens is 216 g/mol. The maximum Gasteiger partial charge on any atom is 2.00 e. The fourth-order valence-electron chi connectivity index (χ4n) is 0. The molecule has 0 unspecified atom stereocenters. The molecule has 0 amide bonds. The van der Waals surface area contributed by atoms with Gasteiger partial charge in [0.25, 0.3) is 0 Å². The van der Waals surface area contributed by atoms with Gasteiger partial charge in [-0.1, -0.05) is 0 Å². The van der Waals surface area contributed by atoms with E-state index in [0.29, 0.717) is 0 Å². The van der Waals surface area contributed by atoms with Gasteiger partial charge in [-0.25, -0.2) is 0 Å². The molecule has 2 N–H and O–H groups in total. The third-order valence-corrected chi connectivity index (χ3v) is 0. The van der Waals surface area contributed by atoms with Gasteiger partial charge in [0.1, 0.15) is 0 Å². The summed E-state index contributed by atoms with van der Waals surface area (Å²) >= 11 is -5.52. The van der Waals surface area contributed by atoms with Crippen molar-refractivity contribution < 1.29 is 16.0 Å². The van der Waals surface area contributed by atoms with E-state index in [4.69, 9.17) is 13.2 Å². The zero-order valence-corrected chi connectivity index (χ0v) is 6.57. The summed E-state index contributed by atoms with van der Waals surface area (Å²) in [6, 6.07) is 0. The average Bonchev–Trinajstić information content (AvgIpc) is 0.722. The van der Waals surface area contributed by atoms with Crippen molar-refractivity contribution in [3.63, 3.8) is 0 Å². The second kappa shape index (κ2) is 3.13. The van der Waals surface area contributed by atoms with Gasteiger partial charge in [0.05, 0.1) is 0 Å². The van der Waals surface area contributed by atoms with Crippen molar-refractivity contribution in [3.8, 4) is 0 Å². The van der Waals surface area contributed by atoms with Crippen LogP contribution in [0.1, 0.15) is 2.85 Å². The van der Waals surface area contributed by atoms with Crippen LogP contribution in [0.15, 0.2) is 0 Å². The number of hydrogen-bond donors (Lipinski definition) is 2. The summed E-state index contributed by atoms with van der Waals surface area (Å²) in [6.07, 6.45) is 0. The summed E-state index contributed by atoms with van der Waals surface area (Å²) in [5.41, 5.74) is 0. The van der Waals surface area contributed by atoms with Gasteiger partial charge < -0.3 is 2.85 Å². The molecule has 0 aliphatic carbocycles. The smallest absolute Gasteiger partial charge is 1.00 e. The van der Waals surface area contributed by atoms with Gasteiger partial charge in [-0.3, -0.25) is 0 Å². The minimum atomic E-state index is -5.52. The molecule has 0 saturated carbocycles. The molecule has 0 fully saturated rings. The summed E-state index contributed by atoms with van der Waals surface area (Å²) in [4.78, 5) is 0. The quantitative estimate of drug-likeness (QED) is 0.468. The van der Waals surface area contributed by atoms with Gasteiger partial charge in [-0.2, -0.15) is 0 Å². The number of rotatable bonds is 0. The largest absolute Gasteiger partial charge is 2.00 e. The average molecular weight is 220 g/mol. The predicted octanol–water partition coefficient (Wildman–Crippen LogP) is -1.89. The standard InChI is InChI=1S/Mg.H2O4Te.2H/c;1-5(2,3)4;;/h;(H2,1,2,3,4);;/q+2;;2*-1. The Morgan fingerprint density at radius 1 is 1.33 bits per heavy atom. The minimum absolute atomic E-state index is 0. The maximum atomic E-state index is 8.85. The Hall–Kier alpha value is 1.08. The summed E-state index contributed by atoms with van der Waals surface area (Å²) in [7, 11) is 0. The molecule has 0 heterocycles. The zero-order valence-electron chi connectivity index (χ0n) is 4.83. The number of hydrogen-bond acceptors (Lipinski definition) is 2. The summed E-state index contributed by atoms with van der Waals surface area (Å²) in [5, 5.41) is 0. The minimum Gasteiger partial charge on any atom is -1.00 e. The molecule has 0 atom stereocenters. The third-order valence-electron chi connectivity index (χ3n) is 0. The van der Waals surface area contributed by atoms with Gasteiger partial charge in [0.2, 0.25) is 0 Å². The van der Waals surface area contributed by atoms with Crippen LogP contribution < -0.4 is 0 Å². The van der Waals surface area contributed by atoms with Crippen molar-refractivity contribution in [3.05, 3.63) is 0 Å². The molecule has 0 aliphatic heterocycles. The topological polar surface area (TPSA) is 74.6 Å². The van der Waals surface area contributed by atoms with Crippen LogP contribution in [0.4, 0.5) is 0 Å². The van der Waals surface area contributed by atoms with E-state index >= 15 is 0 Å². The Morgan fingerprint density at radius 3 is 1.33 bits per heavy atom. The molecule has 36 valence electrons. The maximum absolute atomic E-state index is 8.85. The second-order valence-corrected chi connectivity index (χ2v) is 3.00. The van der Waals surface area contributed by atoms with Gasteiger partial charge in [0, 0.05) is 0 Å². The molecule has 0 aromatic heterocycles. The molecule has 0 rings (SSSR count). The van der Waals surface area contributed by atoms with Crippen molar-refractivity contribution in [2.45, 2.75) is 0 Å². The van der Waals surface area contributed by atoms with E-state index in [1.54, 1.807) is 0 Å². The van der Waals surface area contributed by atoms with Gasteiger partial charge in [0.15, 0.2) is 0 Å². The first-order valence-corrected chi connectivity index (χ1v) is 4.69. The molecule has 0 aromatic rings. The SMILES string of the molecule is O=[Te](=O)(O)O.[H-].[H-].[Mg+2]. The molecule has 0 aliphatic rings. The molecule has 0 saturated heterocycles. The van der Waals surface area contributed by atoms with Crippen LogP contribution in [0.3, 0.4) is 0 Å². The Labute approximate surface area is 57.9 Å². The van der Waals surface area contributed by atoms with E-state index in [0.717, 1.165) is 0 Å². The van der Waals surface area contributed by atoms with Crippen LogP contribution in [-0.4, -0.2) is 49.0 Å². The van der Waals surface area contributed by atoms with Gasteiger partial charge in [-0.15, -0.1) is 0 Å². The second-order valence-electron chi connectivity index (χ2n) is 0.448.